The quantitative estimate of drug-likeness (QED) is 0.898. The lowest BCUT2D eigenvalue weighted by Gasteiger charge is -1.98. The first kappa shape index (κ1) is 12.1. The van der Waals surface area contributed by atoms with E-state index in [9.17, 15) is 4.39 Å². The predicted octanol–water partition coefficient (Wildman–Crippen LogP) is 2.09. The van der Waals surface area contributed by atoms with Crippen molar-refractivity contribution in [3.8, 4) is 6.07 Å². The maximum atomic E-state index is 13.1. The molecule has 0 spiro atoms. The molecule has 1 aromatic heterocycles. The number of hydrogen-bond acceptors (Lipinski definition) is 3. The minimum Gasteiger partial charge on any atom is -0.383 e. The number of rotatable bonds is 3. The minimum atomic E-state index is -0.297. The molecule has 0 saturated carbocycles. The molecule has 2 rings (SSSR count). The minimum absolute atomic E-state index is 0.297. The van der Waals surface area contributed by atoms with E-state index in [1.165, 1.54) is 12.1 Å². The van der Waals surface area contributed by atoms with Gasteiger partial charge >= 0.3 is 0 Å². The lowest BCUT2D eigenvalue weighted by Crippen LogP contribution is -2.02. The molecule has 2 N–H and O–H groups in total. The molecule has 0 unspecified atom stereocenters. The van der Waals surface area contributed by atoms with Crippen LogP contribution in [0.3, 0.4) is 0 Å². The lowest BCUT2D eigenvalue weighted by atomic mass is 10.1. The van der Waals surface area contributed by atoms with Crippen LogP contribution in [0.5, 0.6) is 0 Å². The molecule has 92 valence electrons. The number of nitriles is 1. The third kappa shape index (κ3) is 2.18. The Balaban J connectivity index is 2.38. The SMILES string of the molecule is CCn1nc(Cc2cccc(F)c2)c(C#N)c1N. The van der Waals surface area contributed by atoms with Gasteiger partial charge in [0.25, 0.3) is 0 Å². The summed E-state index contributed by atoms with van der Waals surface area (Å²) in [5.41, 5.74) is 7.54. The van der Waals surface area contributed by atoms with E-state index >= 15 is 0 Å². The highest BCUT2D eigenvalue weighted by Crippen LogP contribution is 2.19. The summed E-state index contributed by atoms with van der Waals surface area (Å²) in [5, 5.41) is 13.4. The molecule has 0 aliphatic heterocycles. The normalized spacial score (nSPS) is 10.3. The van der Waals surface area contributed by atoms with Gasteiger partial charge in [0, 0.05) is 13.0 Å². The molecule has 0 aliphatic rings. The number of hydrogen-bond donors (Lipinski definition) is 1. The van der Waals surface area contributed by atoms with Gasteiger partial charge in [-0.1, -0.05) is 12.1 Å². The zero-order valence-electron chi connectivity index (χ0n) is 10.0. The van der Waals surface area contributed by atoms with Gasteiger partial charge in [0.15, 0.2) is 0 Å². The maximum Gasteiger partial charge on any atom is 0.140 e. The topological polar surface area (TPSA) is 67.6 Å². The van der Waals surface area contributed by atoms with Crippen molar-refractivity contribution in [2.75, 3.05) is 5.73 Å². The summed E-state index contributed by atoms with van der Waals surface area (Å²) in [6, 6.07) is 8.30. The molecule has 0 amide bonds. The fourth-order valence-corrected chi connectivity index (χ4v) is 1.85. The first-order valence-electron chi connectivity index (χ1n) is 5.65. The van der Waals surface area contributed by atoms with Crippen molar-refractivity contribution < 1.29 is 4.39 Å². The Morgan fingerprint density at radius 1 is 1.50 bits per heavy atom. The fraction of sp³-hybridized carbons (Fsp3) is 0.231. The van der Waals surface area contributed by atoms with E-state index in [4.69, 9.17) is 11.0 Å². The van der Waals surface area contributed by atoms with E-state index in [1.807, 2.05) is 6.92 Å². The number of nitrogens with zero attached hydrogens (tertiary/aromatic N) is 3. The summed E-state index contributed by atoms with van der Waals surface area (Å²) < 4.78 is 14.7. The van der Waals surface area contributed by atoms with Crippen molar-refractivity contribution in [3.63, 3.8) is 0 Å². The third-order valence-corrected chi connectivity index (χ3v) is 2.74. The van der Waals surface area contributed by atoms with Crippen LogP contribution >= 0.6 is 0 Å². The number of nitrogens with two attached hydrogens (primary N) is 1. The third-order valence-electron chi connectivity index (χ3n) is 2.74. The van der Waals surface area contributed by atoms with E-state index in [0.29, 0.717) is 30.0 Å². The Bertz CT molecular complexity index is 610. The highest BCUT2D eigenvalue weighted by Gasteiger charge is 2.14. The number of anilines is 1. The summed E-state index contributed by atoms with van der Waals surface area (Å²) in [4.78, 5) is 0. The standard InChI is InChI=1S/C13H13FN4/c1-2-18-13(16)11(8-15)12(17-18)7-9-4-3-5-10(14)6-9/h3-6H,2,7,16H2,1H3. The molecule has 0 atom stereocenters. The van der Waals surface area contributed by atoms with Crippen LogP contribution in [0, 0.1) is 17.1 Å². The molecule has 0 saturated heterocycles. The molecule has 4 nitrogen and oxygen atoms in total. The van der Waals surface area contributed by atoms with Crippen LogP contribution in [0.4, 0.5) is 10.2 Å². The van der Waals surface area contributed by atoms with Crippen molar-refractivity contribution in [3.05, 3.63) is 46.9 Å². The average Bonchev–Trinajstić information content (AvgIpc) is 2.65. The van der Waals surface area contributed by atoms with E-state index < -0.39 is 0 Å². The van der Waals surface area contributed by atoms with Crippen LogP contribution in [0.1, 0.15) is 23.7 Å². The number of aromatic nitrogens is 2. The van der Waals surface area contributed by atoms with Crippen LogP contribution in [-0.4, -0.2) is 9.78 Å². The molecular formula is C13H13FN4. The maximum absolute atomic E-state index is 13.1. The van der Waals surface area contributed by atoms with E-state index in [0.717, 1.165) is 5.56 Å². The molecule has 2 aromatic rings. The summed E-state index contributed by atoms with van der Waals surface area (Å²) in [7, 11) is 0. The van der Waals surface area contributed by atoms with Crippen molar-refractivity contribution in [1.82, 2.24) is 9.78 Å². The van der Waals surface area contributed by atoms with Gasteiger partial charge in [0.1, 0.15) is 23.3 Å². The summed E-state index contributed by atoms with van der Waals surface area (Å²) in [6.45, 7) is 2.50. The van der Waals surface area contributed by atoms with Crippen molar-refractivity contribution in [1.29, 1.82) is 5.26 Å². The Hall–Kier alpha value is -2.35. The number of halogens is 1. The van der Waals surface area contributed by atoms with Crippen LogP contribution in [0.2, 0.25) is 0 Å². The zero-order valence-corrected chi connectivity index (χ0v) is 10.0. The van der Waals surface area contributed by atoms with Gasteiger partial charge in [-0.3, -0.25) is 0 Å². The second-order valence-corrected chi connectivity index (χ2v) is 3.94. The fourth-order valence-electron chi connectivity index (χ4n) is 1.85. The molecule has 1 aromatic carbocycles. The Morgan fingerprint density at radius 2 is 2.28 bits per heavy atom. The van der Waals surface area contributed by atoms with Crippen molar-refractivity contribution in [2.45, 2.75) is 19.9 Å². The smallest absolute Gasteiger partial charge is 0.140 e. The van der Waals surface area contributed by atoms with Crippen LogP contribution in [0.15, 0.2) is 24.3 Å². The first-order chi connectivity index (χ1) is 8.65. The predicted molar refractivity (Wildman–Crippen MR) is 66.2 cm³/mol. The highest BCUT2D eigenvalue weighted by atomic mass is 19.1. The van der Waals surface area contributed by atoms with Gasteiger partial charge in [-0.25, -0.2) is 9.07 Å². The van der Waals surface area contributed by atoms with Crippen molar-refractivity contribution >= 4 is 5.82 Å². The number of aryl methyl sites for hydroxylation is 1. The average molecular weight is 244 g/mol. The molecular weight excluding hydrogens is 231 g/mol. The summed E-state index contributed by atoms with van der Waals surface area (Å²) in [6.07, 6.45) is 0.401. The first-order valence-corrected chi connectivity index (χ1v) is 5.65. The zero-order chi connectivity index (χ0) is 13.1. The Morgan fingerprint density at radius 3 is 2.89 bits per heavy atom. The van der Waals surface area contributed by atoms with Crippen LogP contribution in [-0.2, 0) is 13.0 Å². The second-order valence-electron chi connectivity index (χ2n) is 3.94. The number of nitrogen functional groups attached to an aromatic ring is 1. The Labute approximate surface area is 104 Å². The highest BCUT2D eigenvalue weighted by molar-refractivity contribution is 5.53. The molecule has 0 bridgehead atoms. The van der Waals surface area contributed by atoms with Gasteiger partial charge in [0.05, 0.1) is 5.69 Å². The van der Waals surface area contributed by atoms with Crippen molar-refractivity contribution in [2.24, 2.45) is 0 Å². The van der Waals surface area contributed by atoms with Gasteiger partial charge in [-0.2, -0.15) is 10.4 Å². The van der Waals surface area contributed by atoms with Gasteiger partial charge in [0.2, 0.25) is 0 Å². The molecule has 5 heteroatoms. The summed E-state index contributed by atoms with van der Waals surface area (Å²) in [5.74, 6) is 0.0697. The van der Waals surface area contributed by atoms with E-state index in [2.05, 4.69) is 11.2 Å². The van der Waals surface area contributed by atoms with Crippen LogP contribution < -0.4 is 5.73 Å². The largest absolute Gasteiger partial charge is 0.383 e. The molecule has 0 aliphatic carbocycles. The molecule has 1 heterocycles. The Kier molecular flexibility index (Phi) is 3.28. The second kappa shape index (κ2) is 4.88. The van der Waals surface area contributed by atoms with Gasteiger partial charge < -0.3 is 5.73 Å². The summed E-state index contributed by atoms with van der Waals surface area (Å²) >= 11 is 0. The molecule has 0 radical (unpaired) electrons. The molecule has 0 fully saturated rings. The lowest BCUT2D eigenvalue weighted by molar-refractivity contribution is 0.625. The van der Waals surface area contributed by atoms with E-state index in [1.54, 1.807) is 16.8 Å². The van der Waals surface area contributed by atoms with E-state index in [-0.39, 0.29) is 5.82 Å². The van der Waals surface area contributed by atoms with Gasteiger partial charge in [-0.05, 0) is 24.6 Å². The van der Waals surface area contributed by atoms with Crippen LogP contribution in [0.25, 0.3) is 0 Å². The van der Waals surface area contributed by atoms with Gasteiger partial charge in [-0.15, -0.1) is 0 Å². The number of benzene rings is 1. The molecule has 18 heavy (non-hydrogen) atoms. The monoisotopic (exact) mass is 244 g/mol.